The molecule has 0 amide bonds. The lowest BCUT2D eigenvalue weighted by atomic mass is 9.94. The zero-order valence-corrected chi connectivity index (χ0v) is 15.6. The van der Waals surface area contributed by atoms with Crippen LogP contribution in [-0.2, 0) is 17.3 Å². The van der Waals surface area contributed by atoms with Gasteiger partial charge in [0.05, 0.1) is 10.5 Å². The Morgan fingerprint density at radius 2 is 1.61 bits per heavy atom. The third-order valence-corrected chi connectivity index (χ3v) is 5.65. The average Bonchev–Trinajstić information content (AvgIpc) is 2.76. The molecule has 0 aliphatic rings. The highest BCUT2D eigenvalue weighted by molar-refractivity contribution is 7.38. The van der Waals surface area contributed by atoms with Crippen molar-refractivity contribution in [2.45, 2.75) is 45.0 Å². The van der Waals surface area contributed by atoms with Crippen molar-refractivity contribution in [2.24, 2.45) is 0 Å². The minimum absolute atomic E-state index is 0.441. The van der Waals surface area contributed by atoms with E-state index < -0.39 is 36.2 Å². The predicted molar refractivity (Wildman–Crippen MR) is 75.8 cm³/mol. The van der Waals surface area contributed by atoms with Crippen molar-refractivity contribution < 1.29 is 40.6 Å². The predicted octanol–water partition coefficient (Wildman–Crippen LogP) is 2.36. The van der Waals surface area contributed by atoms with Gasteiger partial charge in [-0.3, -0.25) is 0 Å². The smallest absolute Gasteiger partial charge is 0.405 e. The number of hydrogen-bond acceptors (Lipinski definition) is 3. The van der Waals surface area contributed by atoms with Gasteiger partial charge in [0.15, 0.2) is 9.58 Å². The Morgan fingerprint density at radius 3 is 2.00 bits per heavy atom. The van der Waals surface area contributed by atoms with E-state index in [1.807, 2.05) is 33.8 Å². The van der Waals surface area contributed by atoms with Gasteiger partial charge in [-0.1, -0.05) is 39.8 Å². The molecule has 8 heteroatoms. The summed E-state index contributed by atoms with van der Waals surface area (Å²) in [5.41, 5.74) is -3.67. The fraction of sp³-hybridized carbons (Fsp3) is 0.467. The van der Waals surface area contributed by atoms with Gasteiger partial charge in [-0.25, -0.2) is 0 Å². The third-order valence-electron chi connectivity index (χ3n) is 3.22. The molecule has 3 nitrogen and oxygen atoms in total. The molecule has 0 N–H and O–H groups in total. The Balaban J connectivity index is 0.000000593. The minimum Gasteiger partial charge on any atom is -0.405 e. The number of aryl methyl sites for hydroxylation is 1. The van der Waals surface area contributed by atoms with Crippen LogP contribution in [-0.4, -0.2) is 0 Å². The van der Waals surface area contributed by atoms with E-state index in [0.29, 0.717) is 9.58 Å². The zero-order valence-electron chi connectivity index (χ0n) is 13.2. The van der Waals surface area contributed by atoms with E-state index in [4.69, 9.17) is 12.6 Å². The van der Waals surface area contributed by atoms with Crippen molar-refractivity contribution in [1.82, 2.24) is 0 Å². The molecule has 1 aromatic heterocycles. The summed E-state index contributed by atoms with van der Waals surface area (Å²) in [6.07, 6.45) is 0.756. The number of halogens is 4. The summed E-state index contributed by atoms with van der Waals surface area (Å²) in [6, 6.07) is 7.05. The second kappa shape index (κ2) is 7.48. The van der Waals surface area contributed by atoms with Gasteiger partial charge in [0.2, 0.25) is 14.8 Å². The van der Waals surface area contributed by atoms with Crippen LogP contribution in [0.15, 0.2) is 24.3 Å². The molecule has 1 unspecified atom stereocenters. The second-order valence-corrected chi connectivity index (χ2v) is 8.63. The molecule has 0 bridgehead atoms. The van der Waals surface area contributed by atoms with Gasteiger partial charge < -0.3 is 12.6 Å². The third kappa shape index (κ3) is 5.15. The molecule has 1 atom stereocenters. The van der Waals surface area contributed by atoms with E-state index in [2.05, 4.69) is 0 Å². The Hall–Kier alpha value is -0.670. The summed E-state index contributed by atoms with van der Waals surface area (Å²) in [5.74, 6) is 0. The van der Waals surface area contributed by atoms with Crippen LogP contribution in [0.2, 0.25) is 0 Å². The van der Waals surface area contributed by atoms with E-state index >= 15 is 0 Å². The van der Waals surface area contributed by atoms with Crippen LogP contribution in [0.25, 0.3) is 10.1 Å². The minimum atomic E-state index is -4.20. The van der Waals surface area contributed by atoms with Gasteiger partial charge in [-0.05, 0) is 18.1 Å². The van der Waals surface area contributed by atoms with Gasteiger partial charge in [-0.15, -0.1) is 13.2 Å². The standard InChI is InChI=1S/C15H18F3S.BrO3/c1-5-10-7-6-8-12-11(10)9-13(14(2,3)4)19(12)15(16,17)18;2-1(3)4/h6-9H,5H2,1-4H3;/q+1;-1. The van der Waals surface area contributed by atoms with Crippen molar-refractivity contribution in [3.05, 3.63) is 34.7 Å². The number of fused-ring (bicyclic) bond motifs is 1. The van der Waals surface area contributed by atoms with Crippen molar-refractivity contribution in [1.29, 1.82) is 0 Å². The molecule has 1 aromatic carbocycles. The maximum Gasteiger partial charge on any atom is 0.600 e. The maximum atomic E-state index is 13.4. The summed E-state index contributed by atoms with van der Waals surface area (Å²) in [6.45, 7) is 7.52. The van der Waals surface area contributed by atoms with Crippen LogP contribution in [0.4, 0.5) is 13.2 Å². The van der Waals surface area contributed by atoms with E-state index in [9.17, 15) is 13.2 Å². The van der Waals surface area contributed by atoms with Gasteiger partial charge in [0.1, 0.15) is 0 Å². The lowest BCUT2D eigenvalue weighted by Gasteiger charge is -2.13. The number of thiophene rings is 1. The first-order chi connectivity index (χ1) is 10.4. The molecule has 1 heterocycles. The Labute approximate surface area is 141 Å². The lowest BCUT2D eigenvalue weighted by molar-refractivity contribution is -1.73. The first-order valence-electron chi connectivity index (χ1n) is 6.77. The highest BCUT2D eigenvalue weighted by Crippen LogP contribution is 2.54. The first-order valence-corrected chi connectivity index (χ1v) is 9.94. The molecular weight excluding hydrogens is 397 g/mol. The molecule has 0 saturated carbocycles. The molecule has 0 fully saturated rings. The highest BCUT2D eigenvalue weighted by atomic mass is 80.0. The Kier molecular flexibility index (Phi) is 6.63. The number of hydrogen-bond donors (Lipinski definition) is 0. The van der Waals surface area contributed by atoms with E-state index in [-0.39, 0.29) is 0 Å². The van der Waals surface area contributed by atoms with Crippen LogP contribution in [0, 0.1) is 14.8 Å². The molecule has 2 rings (SSSR count). The van der Waals surface area contributed by atoms with Crippen LogP contribution in [0.5, 0.6) is 0 Å². The zero-order chi connectivity index (χ0) is 18.0. The van der Waals surface area contributed by atoms with Crippen molar-refractivity contribution in [3.63, 3.8) is 0 Å². The molecule has 0 spiro atoms. The highest BCUT2D eigenvalue weighted by Gasteiger charge is 2.50. The normalized spacial score (nSPS) is 13.3. The summed E-state index contributed by atoms with van der Waals surface area (Å²) < 4.78 is 66.3. The van der Waals surface area contributed by atoms with E-state index in [1.54, 1.807) is 18.2 Å². The number of benzene rings is 1. The summed E-state index contributed by atoms with van der Waals surface area (Å²) in [4.78, 5) is 0.496. The molecule has 0 aliphatic carbocycles. The molecule has 23 heavy (non-hydrogen) atoms. The second-order valence-electron chi connectivity index (χ2n) is 5.88. The molecular formula is C15H18BrF3O3S. The molecule has 2 aromatic rings. The monoisotopic (exact) mass is 414 g/mol. The average molecular weight is 415 g/mol. The van der Waals surface area contributed by atoms with Crippen molar-refractivity contribution in [2.75, 3.05) is 0 Å². The summed E-state index contributed by atoms with van der Waals surface area (Å²) in [7, 11) is -1.78. The van der Waals surface area contributed by atoms with Gasteiger partial charge in [0.25, 0.3) is 0 Å². The van der Waals surface area contributed by atoms with Gasteiger partial charge in [0, 0.05) is 16.9 Å². The van der Waals surface area contributed by atoms with Crippen LogP contribution < -0.4 is 12.6 Å². The van der Waals surface area contributed by atoms with Gasteiger partial charge >= 0.3 is 5.51 Å². The fourth-order valence-electron chi connectivity index (χ4n) is 2.32. The molecule has 0 saturated heterocycles. The van der Waals surface area contributed by atoms with E-state index in [1.165, 1.54) is 0 Å². The molecule has 130 valence electrons. The first kappa shape index (κ1) is 20.4. The van der Waals surface area contributed by atoms with Crippen LogP contribution >= 0.6 is 10.5 Å². The maximum absolute atomic E-state index is 13.4. The number of rotatable bonds is 1. The topological polar surface area (TPSA) is 69.2 Å². The van der Waals surface area contributed by atoms with Crippen molar-refractivity contribution in [3.8, 4) is 0 Å². The largest absolute Gasteiger partial charge is 0.600 e. The summed E-state index contributed by atoms with van der Waals surface area (Å²) in [5, 5.41) is 0.788. The van der Waals surface area contributed by atoms with Gasteiger partial charge in [-0.2, -0.15) is 0 Å². The molecule has 0 radical (unpaired) electrons. The quantitative estimate of drug-likeness (QED) is 0.672. The lowest BCUT2D eigenvalue weighted by Crippen LogP contribution is -2.42. The molecule has 0 aliphatic heterocycles. The Bertz CT molecular complexity index is 658. The number of alkyl halides is 3. The van der Waals surface area contributed by atoms with Crippen molar-refractivity contribution >= 4 is 20.6 Å². The summed E-state index contributed by atoms with van der Waals surface area (Å²) >= 11 is -3.65. The Morgan fingerprint density at radius 1 is 1.09 bits per heavy atom. The van der Waals surface area contributed by atoms with Crippen LogP contribution in [0.1, 0.15) is 38.1 Å². The van der Waals surface area contributed by atoms with Crippen LogP contribution in [0.3, 0.4) is 0 Å². The fourth-order valence-corrected chi connectivity index (χ4v) is 4.53. The SMILES string of the molecule is CCc1cccc2c1cc(C(C)(C)C)[s+]2C(F)(F)F.[O-][Br+2]([O-])[O-]. The van der Waals surface area contributed by atoms with E-state index in [0.717, 1.165) is 17.4 Å².